The zero-order valence-corrected chi connectivity index (χ0v) is 19.1. The highest BCUT2D eigenvalue weighted by Crippen LogP contribution is 2.27. The molecule has 1 N–H and O–H groups in total. The van der Waals surface area contributed by atoms with E-state index >= 15 is 0 Å². The molecule has 2 aromatic heterocycles. The van der Waals surface area contributed by atoms with Crippen molar-refractivity contribution >= 4 is 0 Å². The van der Waals surface area contributed by atoms with E-state index < -0.39 is 0 Å². The summed E-state index contributed by atoms with van der Waals surface area (Å²) in [6, 6.07) is 10.1. The molecule has 172 valence electrons. The lowest BCUT2D eigenvalue weighted by Gasteiger charge is -2.22. The molecule has 8 heteroatoms. The molecule has 1 aromatic carbocycles. The molecule has 0 fully saturated rings. The lowest BCUT2D eigenvalue weighted by Crippen LogP contribution is -2.34. The molecular weight excluding hydrogens is 418 g/mol. The molecule has 8 nitrogen and oxygen atoms in total. The van der Waals surface area contributed by atoms with Crippen LogP contribution in [0.3, 0.4) is 0 Å². The van der Waals surface area contributed by atoms with Gasteiger partial charge < -0.3 is 19.3 Å². The van der Waals surface area contributed by atoms with Crippen LogP contribution < -0.4 is 4.74 Å². The molecule has 33 heavy (non-hydrogen) atoms. The third kappa shape index (κ3) is 5.38. The van der Waals surface area contributed by atoms with E-state index in [1.54, 1.807) is 12.3 Å². The summed E-state index contributed by atoms with van der Waals surface area (Å²) in [5.74, 6) is 1.12. The molecule has 0 radical (unpaired) electrons. The first-order valence-electron chi connectivity index (χ1n) is 11.5. The van der Waals surface area contributed by atoms with Gasteiger partial charge in [-0.15, -0.1) is 0 Å². The molecule has 1 aliphatic heterocycles. The van der Waals surface area contributed by atoms with Crippen LogP contribution in [-0.2, 0) is 12.8 Å². The van der Waals surface area contributed by atoms with Crippen molar-refractivity contribution in [3.05, 3.63) is 47.2 Å². The second-order valence-electron chi connectivity index (χ2n) is 8.31. The molecule has 0 amide bonds. The van der Waals surface area contributed by atoms with Crippen molar-refractivity contribution in [2.75, 3.05) is 26.2 Å². The summed E-state index contributed by atoms with van der Waals surface area (Å²) >= 11 is 0. The molecule has 0 aliphatic carbocycles. The van der Waals surface area contributed by atoms with Crippen LogP contribution in [0, 0.1) is 11.3 Å². The highest BCUT2D eigenvalue weighted by Gasteiger charge is 2.19. The standard InChI is InChI=1S/C25H29N5O3/c1-3-11-32-24-20(14-26)13-21(15-27-24)25-28-23(29-33-25)19-6-5-17-7-9-30(16-22(31)4-2)10-8-18(17)12-19/h5-6,12-13,15,22,31H,3-4,7-11,16H2,1-2H3. The monoisotopic (exact) mass is 447 g/mol. The van der Waals surface area contributed by atoms with Gasteiger partial charge in [0.25, 0.3) is 5.89 Å². The van der Waals surface area contributed by atoms with Crippen molar-refractivity contribution in [3.8, 4) is 34.8 Å². The van der Waals surface area contributed by atoms with Crippen molar-refractivity contribution in [1.29, 1.82) is 5.26 Å². The minimum atomic E-state index is -0.275. The summed E-state index contributed by atoms with van der Waals surface area (Å²) < 4.78 is 11.0. The fraction of sp³-hybridized carbons (Fsp3) is 0.440. The first-order chi connectivity index (χ1) is 16.1. The van der Waals surface area contributed by atoms with Gasteiger partial charge in [-0.2, -0.15) is 10.2 Å². The quantitative estimate of drug-likeness (QED) is 0.558. The Morgan fingerprint density at radius 1 is 1.18 bits per heavy atom. The van der Waals surface area contributed by atoms with Crippen LogP contribution in [0.15, 0.2) is 35.0 Å². The SMILES string of the molecule is CCCOc1ncc(-c2nc(-c3ccc4c(c3)CCN(CC(O)CC)CC4)no2)cc1C#N. The third-order valence-corrected chi connectivity index (χ3v) is 5.89. The smallest absolute Gasteiger partial charge is 0.259 e. The Bertz CT molecular complexity index is 1140. The largest absolute Gasteiger partial charge is 0.477 e. The number of hydrogen-bond donors (Lipinski definition) is 1. The number of hydrogen-bond acceptors (Lipinski definition) is 8. The van der Waals surface area contributed by atoms with E-state index in [0.717, 1.165) is 44.3 Å². The Kier molecular flexibility index (Phi) is 7.33. The lowest BCUT2D eigenvalue weighted by molar-refractivity contribution is 0.111. The lowest BCUT2D eigenvalue weighted by atomic mass is 10.00. The number of rotatable bonds is 8. The fourth-order valence-electron chi connectivity index (χ4n) is 3.94. The average Bonchev–Trinajstić information content (AvgIpc) is 3.26. The van der Waals surface area contributed by atoms with Crippen LogP contribution in [-0.4, -0.2) is 57.5 Å². The van der Waals surface area contributed by atoms with Crippen LogP contribution in [0.2, 0.25) is 0 Å². The highest BCUT2D eigenvalue weighted by molar-refractivity contribution is 5.62. The van der Waals surface area contributed by atoms with Gasteiger partial charge >= 0.3 is 0 Å². The molecule has 3 aromatic rings. The van der Waals surface area contributed by atoms with E-state index in [4.69, 9.17) is 9.26 Å². The maximum atomic E-state index is 10.00. The molecule has 4 rings (SSSR count). The Morgan fingerprint density at radius 3 is 2.76 bits per heavy atom. The number of fused-ring (bicyclic) bond motifs is 1. The number of nitrogens with zero attached hydrogens (tertiary/aromatic N) is 5. The number of aromatic nitrogens is 3. The number of aliphatic hydroxyl groups excluding tert-OH is 1. The van der Waals surface area contributed by atoms with E-state index in [0.29, 0.717) is 41.9 Å². The van der Waals surface area contributed by atoms with Crippen molar-refractivity contribution in [3.63, 3.8) is 0 Å². The van der Waals surface area contributed by atoms with Gasteiger partial charge in [-0.3, -0.25) is 0 Å². The predicted molar refractivity (Wildman–Crippen MR) is 124 cm³/mol. The zero-order chi connectivity index (χ0) is 23.2. The molecule has 1 unspecified atom stereocenters. The third-order valence-electron chi connectivity index (χ3n) is 5.89. The molecule has 0 bridgehead atoms. The van der Waals surface area contributed by atoms with Crippen molar-refractivity contribution in [2.45, 2.75) is 45.6 Å². The summed E-state index contributed by atoms with van der Waals surface area (Å²) in [7, 11) is 0. The van der Waals surface area contributed by atoms with Crippen LogP contribution >= 0.6 is 0 Å². The van der Waals surface area contributed by atoms with Gasteiger partial charge in [0.2, 0.25) is 11.7 Å². The summed E-state index contributed by atoms with van der Waals surface area (Å²) in [6.07, 6.45) is 4.79. The number of aliphatic hydroxyl groups is 1. The van der Waals surface area contributed by atoms with Gasteiger partial charge in [0.05, 0.1) is 18.3 Å². The summed E-state index contributed by atoms with van der Waals surface area (Å²) in [4.78, 5) is 11.1. The number of benzene rings is 1. The average molecular weight is 448 g/mol. The second-order valence-corrected chi connectivity index (χ2v) is 8.31. The molecule has 0 spiro atoms. The van der Waals surface area contributed by atoms with Crippen molar-refractivity contribution in [1.82, 2.24) is 20.0 Å². The van der Waals surface area contributed by atoms with E-state index in [1.807, 2.05) is 19.9 Å². The number of pyridine rings is 1. The minimum absolute atomic E-state index is 0.275. The topological polar surface area (TPSA) is 108 Å². The molecule has 1 atom stereocenters. The Morgan fingerprint density at radius 2 is 2.00 bits per heavy atom. The van der Waals surface area contributed by atoms with Crippen molar-refractivity contribution < 1.29 is 14.4 Å². The summed E-state index contributed by atoms with van der Waals surface area (Å²) in [6.45, 7) is 7.08. The molecule has 0 saturated carbocycles. The minimum Gasteiger partial charge on any atom is -0.477 e. The van der Waals surface area contributed by atoms with E-state index in [-0.39, 0.29) is 6.10 Å². The van der Waals surface area contributed by atoms with Gasteiger partial charge in [0.1, 0.15) is 11.6 Å². The zero-order valence-electron chi connectivity index (χ0n) is 19.1. The number of ether oxygens (including phenoxy) is 1. The van der Waals surface area contributed by atoms with Gasteiger partial charge in [-0.1, -0.05) is 31.1 Å². The number of nitriles is 1. The van der Waals surface area contributed by atoms with Gasteiger partial charge in [0.15, 0.2) is 0 Å². The van der Waals surface area contributed by atoms with E-state index in [2.05, 4.69) is 38.2 Å². The Balaban J connectivity index is 1.52. The Labute approximate surface area is 193 Å². The summed E-state index contributed by atoms with van der Waals surface area (Å²) in [5.41, 5.74) is 4.40. The maximum absolute atomic E-state index is 10.00. The first-order valence-corrected chi connectivity index (χ1v) is 11.5. The molecule has 1 aliphatic rings. The maximum Gasteiger partial charge on any atom is 0.259 e. The van der Waals surface area contributed by atoms with Crippen LogP contribution in [0.4, 0.5) is 0 Å². The molecule has 0 saturated heterocycles. The van der Waals surface area contributed by atoms with E-state index in [1.165, 1.54) is 11.1 Å². The predicted octanol–water partition coefficient (Wildman–Crippen LogP) is 3.63. The van der Waals surface area contributed by atoms with Crippen LogP contribution in [0.1, 0.15) is 43.4 Å². The fourth-order valence-corrected chi connectivity index (χ4v) is 3.94. The number of β-amino-alcohol motifs (C(OH)–C–C–N with tert-alkyl or cyclic N) is 1. The van der Waals surface area contributed by atoms with Crippen LogP contribution in [0.25, 0.3) is 22.8 Å². The summed E-state index contributed by atoms with van der Waals surface area (Å²) in [5, 5.41) is 23.6. The van der Waals surface area contributed by atoms with Gasteiger partial charge in [-0.25, -0.2) is 4.98 Å². The van der Waals surface area contributed by atoms with Gasteiger partial charge in [-0.05, 0) is 48.9 Å². The first kappa shape index (κ1) is 22.9. The molecular formula is C25H29N5O3. The van der Waals surface area contributed by atoms with Crippen molar-refractivity contribution in [2.24, 2.45) is 0 Å². The Hall–Kier alpha value is -3.28. The van der Waals surface area contributed by atoms with Gasteiger partial charge in [0, 0.05) is 31.4 Å². The normalized spacial score (nSPS) is 14.8. The molecule has 3 heterocycles. The highest BCUT2D eigenvalue weighted by atomic mass is 16.5. The van der Waals surface area contributed by atoms with Crippen LogP contribution in [0.5, 0.6) is 5.88 Å². The van der Waals surface area contributed by atoms with E-state index in [9.17, 15) is 10.4 Å². The second kappa shape index (κ2) is 10.6.